The molecule has 0 atom stereocenters. The van der Waals surface area contributed by atoms with Gasteiger partial charge < -0.3 is 0 Å². The molecule has 1 aliphatic rings. The molecule has 0 aromatic heterocycles. The van der Waals surface area contributed by atoms with Crippen LogP contribution in [-0.4, -0.2) is 12.1 Å². The van der Waals surface area contributed by atoms with Gasteiger partial charge in [0.05, 0.1) is 6.21 Å². The van der Waals surface area contributed by atoms with Crippen molar-refractivity contribution in [3.63, 3.8) is 0 Å². The van der Waals surface area contributed by atoms with E-state index in [0.717, 1.165) is 11.4 Å². The molecule has 3 nitrogen and oxygen atoms in total. The Hall–Kier alpha value is -1.38. The third-order valence-electron chi connectivity index (χ3n) is 2.00. The fourth-order valence-corrected chi connectivity index (χ4v) is 0.731. The molecule has 1 N–H and O–H groups in total. The fraction of sp³-hybridized carbons (Fsp3) is 0.625. The van der Waals surface area contributed by atoms with E-state index >= 15 is 0 Å². The summed E-state index contributed by atoms with van der Waals surface area (Å²) >= 11 is 0. The molecule has 0 saturated carbocycles. The van der Waals surface area contributed by atoms with Crippen LogP contribution in [0.25, 0.3) is 0 Å². The minimum atomic E-state index is 0.528. The Balaban J connectivity index is -0.000000375. The summed E-state index contributed by atoms with van der Waals surface area (Å²) < 4.78 is 0. The van der Waals surface area contributed by atoms with Crippen LogP contribution in [0.2, 0.25) is 0 Å². The second kappa shape index (κ2) is 16.6. The molecule has 0 unspecified atom stereocenters. The highest BCUT2D eigenvalue weighted by molar-refractivity contribution is 6.17. The Kier molecular flexibility index (Phi) is 19.9. The van der Waals surface area contributed by atoms with Crippen LogP contribution in [0, 0.1) is 5.92 Å². The Morgan fingerprint density at radius 2 is 1.68 bits per heavy atom. The van der Waals surface area contributed by atoms with E-state index in [-0.39, 0.29) is 0 Å². The molecule has 0 spiro atoms. The molecule has 0 aromatic carbocycles. The summed E-state index contributed by atoms with van der Waals surface area (Å²) in [5, 5.41) is 3.83. The number of rotatable bonds is 2. The van der Waals surface area contributed by atoms with Crippen molar-refractivity contribution in [3.8, 4) is 0 Å². The zero-order chi connectivity index (χ0) is 15.8. The monoisotopic (exact) mass is 267 g/mol. The highest BCUT2D eigenvalue weighted by atomic mass is 15.3. The van der Waals surface area contributed by atoms with Crippen molar-refractivity contribution >= 4 is 12.1 Å². The van der Waals surface area contributed by atoms with Crippen LogP contribution in [0.4, 0.5) is 0 Å². The maximum atomic E-state index is 4.24. The van der Waals surface area contributed by atoms with Crippen molar-refractivity contribution in [1.82, 2.24) is 5.43 Å². The summed E-state index contributed by atoms with van der Waals surface area (Å²) in [6.07, 6.45) is 3.52. The lowest BCUT2D eigenvalue weighted by Gasteiger charge is -2.02. The summed E-state index contributed by atoms with van der Waals surface area (Å²) in [6.45, 7) is 22.1. The van der Waals surface area contributed by atoms with Crippen LogP contribution in [-0.2, 0) is 0 Å². The van der Waals surface area contributed by atoms with Gasteiger partial charge in [0.25, 0.3) is 0 Å². The van der Waals surface area contributed by atoms with E-state index in [1.165, 1.54) is 5.57 Å². The number of amidine groups is 1. The van der Waals surface area contributed by atoms with E-state index in [1.807, 2.05) is 47.7 Å². The molecule has 0 bridgehead atoms. The average molecular weight is 267 g/mol. The first-order chi connectivity index (χ1) is 9.11. The third-order valence-corrected chi connectivity index (χ3v) is 2.00. The quantitative estimate of drug-likeness (QED) is 0.736. The highest BCUT2D eigenvalue weighted by Gasteiger charge is 2.05. The van der Waals surface area contributed by atoms with Gasteiger partial charge in [0.2, 0.25) is 0 Å². The first-order valence-electron chi connectivity index (χ1n) is 7.34. The Labute approximate surface area is 120 Å². The lowest BCUT2D eigenvalue weighted by Crippen LogP contribution is -2.11. The van der Waals surface area contributed by atoms with Gasteiger partial charge in [-0.1, -0.05) is 67.5 Å². The molecular weight excluding hydrogens is 234 g/mol. The van der Waals surface area contributed by atoms with E-state index in [1.54, 1.807) is 6.21 Å². The molecule has 3 heteroatoms. The van der Waals surface area contributed by atoms with E-state index in [4.69, 9.17) is 0 Å². The number of hydrogen-bond donors (Lipinski definition) is 1. The van der Waals surface area contributed by atoms with Crippen LogP contribution < -0.4 is 5.43 Å². The van der Waals surface area contributed by atoms with Crippen molar-refractivity contribution in [1.29, 1.82) is 0 Å². The Bertz CT molecular complexity index is 297. The smallest absolute Gasteiger partial charge is 0.154 e. The summed E-state index contributed by atoms with van der Waals surface area (Å²) in [5.74, 6) is 1.26. The van der Waals surface area contributed by atoms with Crippen molar-refractivity contribution in [2.75, 3.05) is 0 Å². The van der Waals surface area contributed by atoms with E-state index < -0.39 is 0 Å². The normalized spacial score (nSPS) is 14.7. The lowest BCUT2D eigenvalue weighted by molar-refractivity contribution is 0.766. The largest absolute Gasteiger partial charge is 0.261 e. The molecular formula is C16H33N3. The SMILES string of the molecule is C=C1C=NNC1=N/C=C(\C)C(C)C.CC.CC.CC. The molecule has 0 saturated heterocycles. The second-order valence-electron chi connectivity index (χ2n) is 3.40. The number of aliphatic imine (C=N–C) groups is 1. The average Bonchev–Trinajstić information content (AvgIpc) is 2.88. The number of hydrazone groups is 1. The topological polar surface area (TPSA) is 36.8 Å². The highest BCUT2D eigenvalue weighted by Crippen LogP contribution is 2.08. The number of nitrogens with one attached hydrogen (secondary N) is 1. The maximum Gasteiger partial charge on any atom is 0.154 e. The second-order valence-corrected chi connectivity index (χ2v) is 3.40. The van der Waals surface area contributed by atoms with Gasteiger partial charge in [0.15, 0.2) is 5.84 Å². The Morgan fingerprint density at radius 3 is 2.00 bits per heavy atom. The van der Waals surface area contributed by atoms with Gasteiger partial charge in [-0.3, -0.25) is 5.43 Å². The molecule has 112 valence electrons. The van der Waals surface area contributed by atoms with Gasteiger partial charge in [-0.2, -0.15) is 5.10 Å². The van der Waals surface area contributed by atoms with Crippen molar-refractivity contribution in [2.45, 2.75) is 62.3 Å². The van der Waals surface area contributed by atoms with Gasteiger partial charge in [-0.05, 0) is 12.8 Å². The standard InChI is InChI=1S/C10H15N3.3C2H6/c1-7(2)8(3)5-11-10-9(4)6-12-13-10;3*1-2/h5-7H,4H2,1-3H3,(H,11,13);3*1-2H3/b8-5+;;;. The first kappa shape index (κ1) is 22.8. The number of hydrogen-bond acceptors (Lipinski definition) is 2. The number of allylic oxidation sites excluding steroid dienone is 1. The molecule has 0 radical (unpaired) electrons. The van der Waals surface area contributed by atoms with Gasteiger partial charge in [0.1, 0.15) is 0 Å². The molecule has 1 rings (SSSR count). The van der Waals surface area contributed by atoms with Crippen LogP contribution >= 0.6 is 0 Å². The van der Waals surface area contributed by atoms with Crippen LogP contribution in [0.1, 0.15) is 62.3 Å². The summed E-state index contributed by atoms with van der Waals surface area (Å²) in [5.41, 5.74) is 4.85. The van der Waals surface area contributed by atoms with Crippen LogP contribution in [0.5, 0.6) is 0 Å². The van der Waals surface area contributed by atoms with E-state index in [9.17, 15) is 0 Å². The van der Waals surface area contributed by atoms with E-state index in [0.29, 0.717) is 5.92 Å². The van der Waals surface area contributed by atoms with Crippen molar-refractivity contribution in [3.05, 3.63) is 23.9 Å². The summed E-state index contributed by atoms with van der Waals surface area (Å²) in [4.78, 5) is 4.24. The summed E-state index contributed by atoms with van der Waals surface area (Å²) in [6, 6.07) is 0. The van der Waals surface area contributed by atoms with Gasteiger partial charge in [-0.15, -0.1) is 0 Å². The molecule has 0 amide bonds. The molecule has 0 fully saturated rings. The van der Waals surface area contributed by atoms with Crippen molar-refractivity contribution < 1.29 is 0 Å². The minimum Gasteiger partial charge on any atom is -0.261 e. The zero-order valence-corrected chi connectivity index (χ0v) is 14.3. The third kappa shape index (κ3) is 11.4. The van der Waals surface area contributed by atoms with Gasteiger partial charge in [-0.25, -0.2) is 4.99 Å². The predicted octanol–water partition coefficient (Wildman–Crippen LogP) is 5.17. The van der Waals surface area contributed by atoms with Crippen LogP contribution in [0.15, 0.2) is 34.0 Å². The van der Waals surface area contributed by atoms with Gasteiger partial charge >= 0.3 is 0 Å². The van der Waals surface area contributed by atoms with Crippen molar-refractivity contribution in [2.24, 2.45) is 16.0 Å². The summed E-state index contributed by atoms with van der Waals surface area (Å²) in [7, 11) is 0. The Morgan fingerprint density at radius 1 is 1.21 bits per heavy atom. The first-order valence-corrected chi connectivity index (χ1v) is 7.34. The zero-order valence-electron chi connectivity index (χ0n) is 14.3. The maximum absolute atomic E-state index is 4.24. The fourth-order valence-electron chi connectivity index (χ4n) is 0.731. The molecule has 0 aromatic rings. The van der Waals surface area contributed by atoms with Crippen LogP contribution in [0.3, 0.4) is 0 Å². The molecule has 1 heterocycles. The molecule has 1 aliphatic heterocycles. The predicted molar refractivity (Wildman–Crippen MR) is 90.8 cm³/mol. The minimum absolute atomic E-state index is 0.528. The van der Waals surface area contributed by atoms with Gasteiger partial charge in [0, 0.05) is 11.8 Å². The molecule has 19 heavy (non-hydrogen) atoms. The number of nitrogens with zero attached hydrogens (tertiary/aromatic N) is 2. The van der Waals surface area contributed by atoms with E-state index in [2.05, 4.69) is 42.9 Å². The lowest BCUT2D eigenvalue weighted by atomic mass is 10.1. The molecule has 0 aliphatic carbocycles.